The molecule has 1 N–H and O–H groups in total. The zero-order chi connectivity index (χ0) is 21.1. The molecule has 1 aliphatic heterocycles. The van der Waals surface area contributed by atoms with Crippen LogP contribution in [-0.2, 0) is 6.54 Å². The molecule has 2 heterocycles. The summed E-state index contributed by atoms with van der Waals surface area (Å²) in [4.78, 5) is 16.9. The van der Waals surface area contributed by atoms with Crippen molar-refractivity contribution in [3.63, 3.8) is 0 Å². The molecule has 0 radical (unpaired) electrons. The second kappa shape index (κ2) is 11.7. The number of aryl methyl sites for hydroxylation is 1. The highest BCUT2D eigenvalue weighted by molar-refractivity contribution is 5.85. The van der Waals surface area contributed by atoms with Crippen LogP contribution in [0, 0.1) is 5.82 Å². The van der Waals surface area contributed by atoms with Gasteiger partial charge in [0.1, 0.15) is 5.82 Å². The predicted octanol–water partition coefficient (Wildman–Crippen LogP) is 4.23. The lowest BCUT2D eigenvalue weighted by Crippen LogP contribution is -2.46. The van der Waals surface area contributed by atoms with Gasteiger partial charge in [0.25, 0.3) is 0 Å². The Labute approximate surface area is 199 Å². The third-order valence-corrected chi connectivity index (χ3v) is 5.84. The van der Waals surface area contributed by atoms with Crippen molar-refractivity contribution in [3.05, 3.63) is 64.4 Å². The normalized spacial score (nSPS) is 15.3. The summed E-state index contributed by atoms with van der Waals surface area (Å²) < 4.78 is 20.1. The maximum atomic E-state index is 13.1. The first-order valence-corrected chi connectivity index (χ1v) is 10.6. The molecule has 3 aromatic rings. The molecular weight excluding hydrogens is 456 g/mol. The molecule has 32 heavy (non-hydrogen) atoms. The SMILES string of the molecule is CC(O)c1ccc2c(c1)oc(=O)n2CCCCN1CCN(c2ccc(F)cc2)CC1.Cl.Cl. The summed E-state index contributed by atoms with van der Waals surface area (Å²) in [5.74, 6) is -0.550. The number of aliphatic hydroxyl groups excluding tert-OH is 1. The van der Waals surface area contributed by atoms with E-state index in [1.165, 1.54) is 12.1 Å². The van der Waals surface area contributed by atoms with Gasteiger partial charge in [-0.15, -0.1) is 24.8 Å². The highest BCUT2D eigenvalue weighted by Crippen LogP contribution is 2.20. The van der Waals surface area contributed by atoms with E-state index in [2.05, 4.69) is 9.80 Å². The van der Waals surface area contributed by atoms with Gasteiger partial charge in [-0.1, -0.05) is 6.07 Å². The molecule has 176 valence electrons. The minimum Gasteiger partial charge on any atom is -0.408 e. The van der Waals surface area contributed by atoms with E-state index < -0.39 is 6.10 Å². The molecule has 0 saturated carbocycles. The molecule has 1 aromatic heterocycles. The van der Waals surface area contributed by atoms with Gasteiger partial charge < -0.3 is 14.4 Å². The zero-order valence-electron chi connectivity index (χ0n) is 18.1. The van der Waals surface area contributed by atoms with E-state index in [1.807, 2.05) is 24.3 Å². The summed E-state index contributed by atoms with van der Waals surface area (Å²) >= 11 is 0. The highest BCUT2D eigenvalue weighted by atomic mass is 35.5. The summed E-state index contributed by atoms with van der Waals surface area (Å²) in [5, 5.41) is 9.70. The molecule has 9 heteroatoms. The number of hydrogen-bond donors (Lipinski definition) is 1. The van der Waals surface area contributed by atoms with Crippen molar-refractivity contribution in [2.45, 2.75) is 32.4 Å². The third-order valence-electron chi connectivity index (χ3n) is 5.84. The van der Waals surface area contributed by atoms with Crippen molar-refractivity contribution in [1.82, 2.24) is 9.47 Å². The van der Waals surface area contributed by atoms with E-state index in [-0.39, 0.29) is 36.4 Å². The van der Waals surface area contributed by atoms with E-state index >= 15 is 0 Å². The Morgan fingerprint density at radius 2 is 1.66 bits per heavy atom. The summed E-state index contributed by atoms with van der Waals surface area (Å²) in [6.45, 7) is 7.13. The molecule has 1 atom stereocenters. The van der Waals surface area contributed by atoms with Gasteiger partial charge in [0.2, 0.25) is 0 Å². The second-order valence-electron chi connectivity index (χ2n) is 7.93. The topological polar surface area (TPSA) is 61.9 Å². The highest BCUT2D eigenvalue weighted by Gasteiger charge is 2.17. The first kappa shape index (κ1) is 26.2. The first-order valence-electron chi connectivity index (χ1n) is 10.6. The summed E-state index contributed by atoms with van der Waals surface area (Å²) in [6.07, 6.45) is 1.30. The lowest BCUT2D eigenvalue weighted by molar-refractivity contribution is 0.199. The molecule has 4 rings (SSSR count). The quantitative estimate of drug-likeness (QED) is 0.507. The number of benzene rings is 2. The van der Waals surface area contributed by atoms with Gasteiger partial charge in [-0.2, -0.15) is 0 Å². The van der Waals surface area contributed by atoms with Crippen LogP contribution in [0.15, 0.2) is 51.7 Å². The van der Waals surface area contributed by atoms with Crippen molar-refractivity contribution >= 4 is 41.6 Å². The van der Waals surface area contributed by atoms with Crippen LogP contribution in [-0.4, -0.2) is 47.3 Å². The molecule has 0 amide bonds. The Morgan fingerprint density at radius 3 is 2.31 bits per heavy atom. The molecule has 1 aliphatic rings. The van der Waals surface area contributed by atoms with Crippen molar-refractivity contribution in [3.8, 4) is 0 Å². The van der Waals surface area contributed by atoms with Gasteiger partial charge in [0, 0.05) is 38.4 Å². The van der Waals surface area contributed by atoms with E-state index in [4.69, 9.17) is 4.42 Å². The van der Waals surface area contributed by atoms with Crippen LogP contribution < -0.4 is 10.7 Å². The molecule has 1 saturated heterocycles. The van der Waals surface area contributed by atoms with Crippen LogP contribution in [0.25, 0.3) is 11.1 Å². The molecule has 2 aromatic carbocycles. The number of hydrogen-bond acceptors (Lipinski definition) is 5. The van der Waals surface area contributed by atoms with Gasteiger partial charge in [-0.25, -0.2) is 9.18 Å². The number of oxazole rings is 1. The molecule has 0 bridgehead atoms. The minimum absolute atomic E-state index is 0. The standard InChI is InChI=1S/C23H28FN3O3.2ClH/c1-17(28)18-4-9-21-22(16-18)30-23(29)27(21)11-3-2-10-25-12-14-26(15-13-25)20-7-5-19(24)6-8-20;;/h4-9,16-17,28H,2-3,10-15H2,1H3;2*1H. The zero-order valence-corrected chi connectivity index (χ0v) is 19.7. The first-order chi connectivity index (χ1) is 14.5. The minimum atomic E-state index is -0.591. The fourth-order valence-electron chi connectivity index (χ4n) is 4.04. The molecule has 1 unspecified atom stereocenters. The van der Waals surface area contributed by atoms with Crippen molar-refractivity contribution in [2.75, 3.05) is 37.6 Å². The van der Waals surface area contributed by atoms with Gasteiger partial charge in [0.15, 0.2) is 5.58 Å². The number of rotatable bonds is 7. The van der Waals surface area contributed by atoms with Crippen molar-refractivity contribution < 1.29 is 13.9 Å². The van der Waals surface area contributed by atoms with Gasteiger partial charge >= 0.3 is 5.76 Å². The molecule has 0 spiro atoms. The van der Waals surface area contributed by atoms with Gasteiger partial charge in [-0.05, 0) is 68.3 Å². The number of nitrogens with zero attached hydrogens (tertiary/aromatic N) is 3. The van der Waals surface area contributed by atoms with Crippen LogP contribution >= 0.6 is 24.8 Å². The number of halogens is 3. The average Bonchev–Trinajstić information content (AvgIpc) is 3.06. The fraction of sp³-hybridized carbons (Fsp3) is 0.435. The molecular formula is C23H30Cl2FN3O3. The number of unbranched alkanes of at least 4 members (excludes halogenated alkanes) is 1. The van der Waals surface area contributed by atoms with Crippen molar-refractivity contribution in [2.24, 2.45) is 0 Å². The smallest absolute Gasteiger partial charge is 0.408 e. The lowest BCUT2D eigenvalue weighted by atomic mass is 10.1. The maximum Gasteiger partial charge on any atom is 0.419 e. The Morgan fingerprint density at radius 1 is 1.00 bits per heavy atom. The molecule has 1 fully saturated rings. The number of aromatic nitrogens is 1. The van der Waals surface area contributed by atoms with Crippen LogP contribution in [0.1, 0.15) is 31.4 Å². The average molecular weight is 486 g/mol. The maximum absolute atomic E-state index is 13.1. The van der Waals surface area contributed by atoms with Crippen molar-refractivity contribution in [1.29, 1.82) is 0 Å². The van der Waals surface area contributed by atoms with E-state index in [0.717, 1.165) is 62.3 Å². The van der Waals surface area contributed by atoms with Crippen LogP contribution in [0.3, 0.4) is 0 Å². The predicted molar refractivity (Wildman–Crippen MR) is 130 cm³/mol. The number of fused-ring (bicyclic) bond motifs is 1. The van der Waals surface area contributed by atoms with E-state index in [9.17, 15) is 14.3 Å². The Kier molecular flexibility index (Phi) is 9.58. The third kappa shape index (κ3) is 6.04. The summed E-state index contributed by atoms with van der Waals surface area (Å²) in [7, 11) is 0. The largest absolute Gasteiger partial charge is 0.419 e. The number of aliphatic hydroxyl groups is 1. The van der Waals surface area contributed by atoms with Crippen LogP contribution in [0.2, 0.25) is 0 Å². The Bertz CT molecular complexity index is 1040. The fourth-order valence-corrected chi connectivity index (χ4v) is 4.04. The summed E-state index contributed by atoms with van der Waals surface area (Å²) in [6, 6.07) is 12.1. The van der Waals surface area contributed by atoms with Gasteiger partial charge in [0.05, 0.1) is 11.6 Å². The Balaban J connectivity index is 0.00000181. The molecule has 6 nitrogen and oxygen atoms in total. The number of anilines is 1. The van der Waals surface area contributed by atoms with E-state index in [1.54, 1.807) is 17.6 Å². The summed E-state index contributed by atoms with van der Waals surface area (Å²) in [5.41, 5.74) is 3.11. The molecule has 0 aliphatic carbocycles. The monoisotopic (exact) mass is 485 g/mol. The van der Waals surface area contributed by atoms with Gasteiger partial charge in [-0.3, -0.25) is 9.47 Å². The van der Waals surface area contributed by atoms with Crippen LogP contribution in [0.4, 0.5) is 10.1 Å². The second-order valence-corrected chi connectivity index (χ2v) is 7.93. The van der Waals surface area contributed by atoms with Crippen LogP contribution in [0.5, 0.6) is 0 Å². The van der Waals surface area contributed by atoms with E-state index in [0.29, 0.717) is 12.1 Å². The Hall–Kier alpha value is -2.06. The number of piperazine rings is 1. The lowest BCUT2D eigenvalue weighted by Gasteiger charge is -2.36.